The Morgan fingerprint density at radius 1 is 1.29 bits per heavy atom. The normalized spacial score (nSPS) is 11.9. The number of hydrogen-bond acceptors (Lipinski definition) is 4. The van der Waals surface area contributed by atoms with E-state index in [4.69, 9.17) is 10.8 Å². The molecule has 0 aromatic heterocycles. The Labute approximate surface area is 124 Å². The van der Waals surface area contributed by atoms with Crippen molar-refractivity contribution >= 4 is 26.5 Å². The third-order valence-corrected chi connectivity index (χ3v) is 5.09. The highest BCUT2D eigenvalue weighted by Gasteiger charge is 2.24. The summed E-state index contributed by atoms with van der Waals surface area (Å²) in [6.45, 7) is 3.49. The van der Waals surface area contributed by atoms with E-state index in [1.165, 1.54) is 10.4 Å². The first-order chi connectivity index (χ1) is 10.0. The van der Waals surface area contributed by atoms with Crippen LogP contribution in [-0.4, -0.2) is 37.5 Å². The first-order valence-electron chi connectivity index (χ1n) is 6.51. The van der Waals surface area contributed by atoms with E-state index in [0.717, 1.165) is 5.39 Å². The van der Waals surface area contributed by atoms with Crippen LogP contribution in [0.25, 0.3) is 10.8 Å². The molecule has 2 rings (SSSR count). The highest BCUT2D eigenvalue weighted by molar-refractivity contribution is 7.89. The smallest absolute Gasteiger partial charge is 0.244 e. The topological polar surface area (TPSA) is 83.6 Å². The van der Waals surface area contributed by atoms with Crippen LogP contribution in [0, 0.1) is 0 Å². The molecule has 2 aromatic rings. The second-order valence-electron chi connectivity index (χ2n) is 4.61. The Morgan fingerprint density at radius 2 is 2.05 bits per heavy atom. The molecule has 0 atom stereocenters. The lowest BCUT2D eigenvalue weighted by Crippen LogP contribution is -2.33. The number of nitrogens with two attached hydrogens (primary N) is 1. The van der Waals surface area contributed by atoms with Gasteiger partial charge in [-0.3, -0.25) is 0 Å². The van der Waals surface area contributed by atoms with Crippen LogP contribution < -0.4 is 5.73 Å². The Bertz CT molecular complexity index is 757. The zero-order valence-corrected chi connectivity index (χ0v) is 12.4. The largest absolute Gasteiger partial charge is 0.399 e. The van der Waals surface area contributed by atoms with Crippen molar-refractivity contribution in [3.05, 3.63) is 49.1 Å². The Balaban J connectivity index is 2.61. The van der Waals surface area contributed by atoms with Gasteiger partial charge in [-0.15, -0.1) is 6.58 Å². The van der Waals surface area contributed by atoms with Crippen molar-refractivity contribution in [2.45, 2.75) is 4.90 Å². The monoisotopic (exact) mass is 306 g/mol. The molecule has 0 saturated heterocycles. The van der Waals surface area contributed by atoms with Gasteiger partial charge in [0, 0.05) is 24.2 Å². The molecule has 0 bridgehead atoms. The van der Waals surface area contributed by atoms with Gasteiger partial charge in [0.05, 0.1) is 11.5 Å². The average molecular weight is 306 g/mol. The van der Waals surface area contributed by atoms with Crippen LogP contribution in [0.5, 0.6) is 0 Å². The van der Waals surface area contributed by atoms with Gasteiger partial charge in [0.15, 0.2) is 0 Å². The summed E-state index contributed by atoms with van der Waals surface area (Å²) in [5, 5.41) is 10.4. The maximum atomic E-state index is 12.7. The summed E-state index contributed by atoms with van der Waals surface area (Å²) in [6.07, 6.45) is 1.50. The van der Waals surface area contributed by atoms with E-state index in [1.807, 2.05) is 6.07 Å². The number of hydrogen-bond donors (Lipinski definition) is 2. The van der Waals surface area contributed by atoms with Crippen molar-refractivity contribution in [2.75, 3.05) is 25.4 Å². The SMILES string of the molecule is C=CCN(CCO)S(=O)(=O)c1cccc2cc(N)ccc12. The van der Waals surface area contributed by atoms with Gasteiger partial charge in [-0.25, -0.2) is 8.42 Å². The number of nitrogens with zero attached hydrogens (tertiary/aromatic N) is 1. The zero-order valence-electron chi connectivity index (χ0n) is 11.6. The maximum absolute atomic E-state index is 12.7. The Kier molecular flexibility index (Phi) is 4.62. The fraction of sp³-hybridized carbons (Fsp3) is 0.200. The van der Waals surface area contributed by atoms with E-state index in [-0.39, 0.29) is 24.6 Å². The molecule has 0 radical (unpaired) electrons. The number of benzene rings is 2. The molecule has 112 valence electrons. The molecule has 3 N–H and O–H groups in total. The van der Waals surface area contributed by atoms with Crippen molar-refractivity contribution in [1.29, 1.82) is 0 Å². The molecule has 0 heterocycles. The van der Waals surface area contributed by atoms with Crippen LogP contribution in [0.1, 0.15) is 0 Å². The molecular weight excluding hydrogens is 288 g/mol. The molecule has 2 aromatic carbocycles. The van der Waals surface area contributed by atoms with Crippen molar-refractivity contribution in [3.8, 4) is 0 Å². The predicted molar refractivity (Wildman–Crippen MR) is 84.4 cm³/mol. The van der Waals surface area contributed by atoms with Crippen molar-refractivity contribution < 1.29 is 13.5 Å². The lowest BCUT2D eigenvalue weighted by molar-refractivity contribution is 0.260. The van der Waals surface area contributed by atoms with Crippen molar-refractivity contribution in [2.24, 2.45) is 0 Å². The summed E-state index contributed by atoms with van der Waals surface area (Å²) in [7, 11) is -3.70. The highest BCUT2D eigenvalue weighted by Crippen LogP contribution is 2.27. The lowest BCUT2D eigenvalue weighted by atomic mass is 10.1. The van der Waals surface area contributed by atoms with E-state index in [2.05, 4.69) is 6.58 Å². The fourth-order valence-electron chi connectivity index (χ4n) is 2.20. The average Bonchev–Trinajstić information content (AvgIpc) is 2.46. The summed E-state index contributed by atoms with van der Waals surface area (Å²) in [5.41, 5.74) is 6.31. The van der Waals surface area contributed by atoms with Gasteiger partial charge in [-0.05, 0) is 23.6 Å². The quantitative estimate of drug-likeness (QED) is 0.627. The number of fused-ring (bicyclic) bond motifs is 1. The second kappa shape index (κ2) is 6.26. The fourth-order valence-corrected chi connectivity index (χ4v) is 3.82. The van der Waals surface area contributed by atoms with Gasteiger partial charge in [0.2, 0.25) is 10.0 Å². The summed E-state index contributed by atoms with van der Waals surface area (Å²) in [4.78, 5) is 0.204. The number of nitrogen functional groups attached to an aromatic ring is 1. The minimum Gasteiger partial charge on any atom is -0.399 e. The van der Waals surface area contributed by atoms with Crippen LogP contribution in [0.15, 0.2) is 53.9 Å². The predicted octanol–water partition coefficient (Wildman–Crippen LogP) is 1.59. The van der Waals surface area contributed by atoms with Gasteiger partial charge in [0.1, 0.15) is 0 Å². The molecule has 5 nitrogen and oxygen atoms in total. The van der Waals surface area contributed by atoms with Gasteiger partial charge >= 0.3 is 0 Å². The molecule has 0 spiro atoms. The van der Waals surface area contributed by atoms with Gasteiger partial charge in [-0.2, -0.15) is 4.31 Å². The lowest BCUT2D eigenvalue weighted by Gasteiger charge is -2.20. The van der Waals surface area contributed by atoms with Gasteiger partial charge in [0.25, 0.3) is 0 Å². The molecule has 0 saturated carbocycles. The Morgan fingerprint density at radius 3 is 2.71 bits per heavy atom. The molecule has 21 heavy (non-hydrogen) atoms. The number of aliphatic hydroxyl groups is 1. The Hall–Kier alpha value is -1.89. The number of sulfonamides is 1. The number of rotatable bonds is 6. The molecule has 0 aliphatic rings. The van der Waals surface area contributed by atoms with E-state index < -0.39 is 10.0 Å². The van der Waals surface area contributed by atoms with Crippen molar-refractivity contribution in [1.82, 2.24) is 4.31 Å². The molecular formula is C15H18N2O3S. The second-order valence-corrected chi connectivity index (χ2v) is 6.52. The minimum atomic E-state index is -3.70. The zero-order chi connectivity index (χ0) is 15.5. The van der Waals surface area contributed by atoms with Crippen LogP contribution in [-0.2, 0) is 10.0 Å². The van der Waals surface area contributed by atoms with Crippen molar-refractivity contribution in [3.63, 3.8) is 0 Å². The highest BCUT2D eigenvalue weighted by atomic mass is 32.2. The molecule has 6 heteroatoms. The van der Waals surface area contributed by atoms with E-state index in [9.17, 15) is 8.42 Å². The standard InChI is InChI=1S/C15H18N2O3S/c1-2-8-17(9-10-18)21(19,20)15-5-3-4-12-11-13(16)6-7-14(12)15/h2-7,11,18H,1,8-10,16H2. The number of aliphatic hydroxyl groups excluding tert-OH is 1. The summed E-state index contributed by atoms with van der Waals surface area (Å²) in [5.74, 6) is 0. The van der Waals surface area contributed by atoms with Gasteiger partial charge in [-0.1, -0.05) is 24.3 Å². The third kappa shape index (κ3) is 3.07. The molecule has 0 unspecified atom stereocenters. The van der Waals surface area contributed by atoms with E-state index in [0.29, 0.717) is 11.1 Å². The first-order valence-corrected chi connectivity index (χ1v) is 7.95. The minimum absolute atomic E-state index is 0.0275. The molecule has 0 amide bonds. The molecule has 0 aliphatic heterocycles. The summed E-state index contributed by atoms with van der Waals surface area (Å²) >= 11 is 0. The maximum Gasteiger partial charge on any atom is 0.244 e. The molecule has 0 fully saturated rings. The van der Waals surface area contributed by atoms with Gasteiger partial charge < -0.3 is 10.8 Å². The van der Waals surface area contributed by atoms with E-state index in [1.54, 1.807) is 30.3 Å². The van der Waals surface area contributed by atoms with Crippen LogP contribution in [0.2, 0.25) is 0 Å². The van der Waals surface area contributed by atoms with Crippen LogP contribution in [0.4, 0.5) is 5.69 Å². The number of anilines is 1. The molecule has 0 aliphatic carbocycles. The van der Waals surface area contributed by atoms with Crippen LogP contribution in [0.3, 0.4) is 0 Å². The first kappa shape index (κ1) is 15.5. The van der Waals surface area contributed by atoms with Crippen LogP contribution >= 0.6 is 0 Å². The third-order valence-electron chi connectivity index (χ3n) is 3.16. The van der Waals surface area contributed by atoms with E-state index >= 15 is 0 Å². The summed E-state index contributed by atoms with van der Waals surface area (Å²) < 4.78 is 26.7. The summed E-state index contributed by atoms with van der Waals surface area (Å²) in [6, 6.07) is 10.2.